The first-order valence-corrected chi connectivity index (χ1v) is 8.16. The number of nitrogens with zero attached hydrogens (tertiary/aromatic N) is 4. The van der Waals surface area contributed by atoms with Gasteiger partial charge in [-0.15, -0.1) is 0 Å². The number of hydrogen-bond donors (Lipinski definition) is 0. The highest BCUT2D eigenvalue weighted by molar-refractivity contribution is 5.81. The van der Waals surface area contributed by atoms with Gasteiger partial charge in [-0.1, -0.05) is 12.1 Å². The number of benzene rings is 1. The molecule has 0 atom stereocenters. The maximum absolute atomic E-state index is 12.6. The van der Waals surface area contributed by atoms with Crippen LogP contribution in [-0.2, 0) is 7.05 Å². The van der Waals surface area contributed by atoms with Crippen molar-refractivity contribution in [3.8, 4) is 11.3 Å². The summed E-state index contributed by atoms with van der Waals surface area (Å²) in [5, 5.41) is 5.44. The summed E-state index contributed by atoms with van der Waals surface area (Å²) < 4.78 is 3.51. The average molecular weight is 316 g/mol. The first kappa shape index (κ1) is 13.5. The van der Waals surface area contributed by atoms with Gasteiger partial charge in [-0.2, -0.15) is 5.10 Å². The van der Waals surface area contributed by atoms with Gasteiger partial charge >= 0.3 is 0 Å². The van der Waals surface area contributed by atoms with Crippen LogP contribution in [0, 0.1) is 0 Å². The van der Waals surface area contributed by atoms with Gasteiger partial charge in [0.1, 0.15) is 5.65 Å². The third-order valence-corrected chi connectivity index (χ3v) is 4.77. The summed E-state index contributed by atoms with van der Waals surface area (Å²) in [6, 6.07) is 13.7. The van der Waals surface area contributed by atoms with E-state index in [9.17, 15) is 4.79 Å². The monoisotopic (exact) mass is 316 g/mol. The van der Waals surface area contributed by atoms with Crippen molar-refractivity contribution < 1.29 is 0 Å². The molecular formula is C19H16N4O. The molecule has 0 spiro atoms. The van der Waals surface area contributed by atoms with Crippen LogP contribution < -0.4 is 5.56 Å². The quantitative estimate of drug-likeness (QED) is 0.571. The van der Waals surface area contributed by atoms with Gasteiger partial charge in [0.2, 0.25) is 0 Å². The Morgan fingerprint density at radius 2 is 1.96 bits per heavy atom. The standard InChI is InChI=1S/C19H16N4O/c1-22-18-11-16(13-8-9-20-15(10-13)12-6-7-12)21-23(18)17-5-3-2-4-14(17)19(22)24/h2-5,8-12H,6-7H2,1H3. The lowest BCUT2D eigenvalue weighted by molar-refractivity contribution is 0.850. The second kappa shape index (κ2) is 4.77. The molecule has 0 radical (unpaired) electrons. The highest BCUT2D eigenvalue weighted by atomic mass is 16.1. The van der Waals surface area contributed by atoms with Gasteiger partial charge in [0.15, 0.2) is 0 Å². The second-order valence-electron chi connectivity index (χ2n) is 6.42. The van der Waals surface area contributed by atoms with Gasteiger partial charge in [0.05, 0.1) is 16.6 Å². The summed E-state index contributed by atoms with van der Waals surface area (Å²) in [7, 11) is 1.79. The molecule has 5 rings (SSSR count). The molecule has 1 aliphatic carbocycles. The van der Waals surface area contributed by atoms with Crippen molar-refractivity contribution in [2.45, 2.75) is 18.8 Å². The molecule has 24 heavy (non-hydrogen) atoms. The maximum Gasteiger partial charge on any atom is 0.261 e. The van der Waals surface area contributed by atoms with Crippen molar-refractivity contribution in [3.05, 3.63) is 64.7 Å². The topological polar surface area (TPSA) is 52.2 Å². The molecule has 0 aliphatic heterocycles. The van der Waals surface area contributed by atoms with E-state index in [1.807, 2.05) is 47.1 Å². The van der Waals surface area contributed by atoms with Crippen LogP contribution in [0.1, 0.15) is 24.5 Å². The fraction of sp³-hybridized carbons (Fsp3) is 0.211. The lowest BCUT2D eigenvalue weighted by Gasteiger charge is -2.05. The van der Waals surface area contributed by atoms with Gasteiger partial charge in [-0.3, -0.25) is 14.3 Å². The number of hydrogen-bond acceptors (Lipinski definition) is 3. The lowest BCUT2D eigenvalue weighted by Crippen LogP contribution is -2.19. The summed E-state index contributed by atoms with van der Waals surface area (Å²) in [6.45, 7) is 0. The maximum atomic E-state index is 12.6. The molecule has 1 fully saturated rings. The van der Waals surface area contributed by atoms with E-state index in [1.165, 1.54) is 12.8 Å². The number of aryl methyl sites for hydroxylation is 1. The highest BCUT2D eigenvalue weighted by Gasteiger charge is 2.25. The minimum atomic E-state index is -0.00190. The summed E-state index contributed by atoms with van der Waals surface area (Å²) >= 11 is 0. The number of fused-ring (bicyclic) bond motifs is 3. The third kappa shape index (κ3) is 1.91. The highest BCUT2D eigenvalue weighted by Crippen LogP contribution is 2.39. The third-order valence-electron chi connectivity index (χ3n) is 4.77. The van der Waals surface area contributed by atoms with E-state index >= 15 is 0 Å². The average Bonchev–Trinajstić information content (AvgIpc) is 3.38. The summed E-state index contributed by atoms with van der Waals surface area (Å²) in [6.07, 6.45) is 4.30. The van der Waals surface area contributed by atoms with Crippen LogP contribution in [0.3, 0.4) is 0 Å². The molecule has 5 heteroatoms. The molecule has 0 bridgehead atoms. The van der Waals surface area contributed by atoms with Crippen LogP contribution in [0.15, 0.2) is 53.5 Å². The Hall–Kier alpha value is -2.95. The van der Waals surface area contributed by atoms with Crippen LogP contribution in [0.25, 0.3) is 27.8 Å². The molecule has 0 saturated heterocycles. The van der Waals surface area contributed by atoms with Crippen molar-refractivity contribution in [1.82, 2.24) is 19.2 Å². The Balaban J connectivity index is 1.79. The van der Waals surface area contributed by atoms with Crippen LogP contribution in [0.5, 0.6) is 0 Å². The van der Waals surface area contributed by atoms with Crippen LogP contribution in [0.2, 0.25) is 0 Å². The number of rotatable bonds is 2. The first-order chi connectivity index (χ1) is 11.7. The summed E-state index contributed by atoms with van der Waals surface area (Å²) in [5.74, 6) is 0.604. The van der Waals surface area contributed by atoms with E-state index in [0.717, 1.165) is 28.1 Å². The van der Waals surface area contributed by atoms with Gasteiger partial charge in [-0.05, 0) is 37.1 Å². The molecule has 4 aromatic rings. The molecule has 0 amide bonds. The minimum Gasteiger partial charge on any atom is -0.296 e. The smallest absolute Gasteiger partial charge is 0.261 e. The Labute approximate surface area is 138 Å². The largest absolute Gasteiger partial charge is 0.296 e. The SMILES string of the molecule is Cn1c(=O)c2ccccc2n2nc(-c3ccnc(C4CC4)c3)cc12. The molecule has 1 saturated carbocycles. The molecule has 118 valence electrons. The van der Waals surface area contributed by atoms with Gasteiger partial charge in [0.25, 0.3) is 5.56 Å². The lowest BCUT2D eigenvalue weighted by atomic mass is 10.1. The number of aromatic nitrogens is 4. The predicted molar refractivity (Wildman–Crippen MR) is 93.1 cm³/mol. The van der Waals surface area contributed by atoms with Crippen LogP contribution >= 0.6 is 0 Å². The molecule has 0 N–H and O–H groups in total. The number of pyridine rings is 1. The Morgan fingerprint density at radius 3 is 2.79 bits per heavy atom. The Kier molecular flexibility index (Phi) is 2.68. The molecule has 1 aromatic carbocycles. The van der Waals surface area contributed by atoms with Crippen molar-refractivity contribution >= 4 is 16.6 Å². The zero-order valence-electron chi connectivity index (χ0n) is 13.3. The van der Waals surface area contributed by atoms with Crippen molar-refractivity contribution in [2.75, 3.05) is 0 Å². The van der Waals surface area contributed by atoms with E-state index in [0.29, 0.717) is 11.3 Å². The minimum absolute atomic E-state index is 0.00190. The predicted octanol–water partition coefficient (Wildman–Crippen LogP) is 3.13. The molecule has 3 aromatic heterocycles. The van der Waals surface area contributed by atoms with E-state index < -0.39 is 0 Å². The Bertz CT molecular complexity index is 1150. The zero-order valence-corrected chi connectivity index (χ0v) is 13.3. The van der Waals surface area contributed by atoms with Gasteiger partial charge in [0, 0.05) is 36.5 Å². The van der Waals surface area contributed by atoms with E-state index in [4.69, 9.17) is 5.10 Å². The van der Waals surface area contributed by atoms with Crippen molar-refractivity contribution in [2.24, 2.45) is 7.05 Å². The first-order valence-electron chi connectivity index (χ1n) is 8.16. The fourth-order valence-electron chi connectivity index (χ4n) is 3.26. The molecule has 1 aliphatic rings. The van der Waals surface area contributed by atoms with Crippen LogP contribution in [0.4, 0.5) is 0 Å². The summed E-state index contributed by atoms with van der Waals surface area (Å²) in [4.78, 5) is 17.0. The molecule has 3 heterocycles. The fourth-order valence-corrected chi connectivity index (χ4v) is 3.26. The molecule has 5 nitrogen and oxygen atoms in total. The Morgan fingerprint density at radius 1 is 1.12 bits per heavy atom. The van der Waals surface area contributed by atoms with Crippen LogP contribution in [-0.4, -0.2) is 19.2 Å². The number of para-hydroxylation sites is 1. The second-order valence-corrected chi connectivity index (χ2v) is 6.42. The van der Waals surface area contributed by atoms with Crippen molar-refractivity contribution in [1.29, 1.82) is 0 Å². The van der Waals surface area contributed by atoms with Gasteiger partial charge < -0.3 is 0 Å². The van der Waals surface area contributed by atoms with Crippen molar-refractivity contribution in [3.63, 3.8) is 0 Å². The van der Waals surface area contributed by atoms with E-state index in [2.05, 4.69) is 11.1 Å². The summed E-state index contributed by atoms with van der Waals surface area (Å²) in [5.41, 5.74) is 4.68. The van der Waals surface area contributed by atoms with Gasteiger partial charge in [-0.25, -0.2) is 4.52 Å². The normalized spacial score (nSPS) is 14.5. The molecular weight excluding hydrogens is 300 g/mol. The van der Waals surface area contributed by atoms with E-state index in [1.54, 1.807) is 11.6 Å². The van der Waals surface area contributed by atoms with E-state index in [-0.39, 0.29) is 5.56 Å². The zero-order chi connectivity index (χ0) is 16.3. The molecule has 0 unspecified atom stereocenters.